The predicted octanol–water partition coefficient (Wildman–Crippen LogP) is 0.681. The molecule has 11 heteroatoms. The van der Waals surface area contributed by atoms with Crippen LogP contribution in [0.1, 0.15) is 49.0 Å². The summed E-state index contributed by atoms with van der Waals surface area (Å²) in [6.45, 7) is 3.44. The van der Waals surface area contributed by atoms with Gasteiger partial charge in [0.05, 0.1) is 17.2 Å². The number of carbonyl (C=O) groups excluding carboxylic acids is 6. The molecule has 6 atom stereocenters. The van der Waals surface area contributed by atoms with Gasteiger partial charge < -0.3 is 25.8 Å². The van der Waals surface area contributed by atoms with E-state index in [2.05, 4.69) is 5.32 Å². The van der Waals surface area contributed by atoms with Gasteiger partial charge in [-0.2, -0.15) is 0 Å². The molecule has 39 heavy (non-hydrogen) atoms. The van der Waals surface area contributed by atoms with Crippen molar-refractivity contribution >= 4 is 46.3 Å². The lowest BCUT2D eigenvalue weighted by molar-refractivity contribution is -0.183. The van der Waals surface area contributed by atoms with Crippen LogP contribution in [0.5, 0.6) is 5.75 Å². The highest BCUT2D eigenvalue weighted by molar-refractivity contribution is 6.32. The molecule has 1 aliphatic heterocycles. The Bertz CT molecular complexity index is 1330. The minimum Gasteiger partial charge on any atom is -0.481 e. The summed E-state index contributed by atoms with van der Waals surface area (Å²) in [6, 6.07) is 1.72. The normalized spacial score (nSPS) is 31.5. The van der Waals surface area contributed by atoms with E-state index < -0.39 is 64.2 Å². The van der Waals surface area contributed by atoms with Crippen molar-refractivity contribution in [1.82, 2.24) is 0 Å². The maximum atomic E-state index is 14.1. The number of nitrogens with zero attached hydrogens (tertiary/aromatic N) is 1. The van der Waals surface area contributed by atoms with Crippen LogP contribution < -0.4 is 20.7 Å². The van der Waals surface area contributed by atoms with Crippen molar-refractivity contribution in [2.24, 2.45) is 41.2 Å². The van der Waals surface area contributed by atoms with Gasteiger partial charge in [0.2, 0.25) is 5.91 Å². The highest BCUT2D eigenvalue weighted by Gasteiger charge is 2.69. The predicted molar refractivity (Wildman–Crippen MR) is 138 cm³/mol. The minimum atomic E-state index is -2.69. The van der Waals surface area contributed by atoms with Crippen LogP contribution in [0.3, 0.4) is 0 Å². The van der Waals surface area contributed by atoms with E-state index >= 15 is 0 Å². The molecular weight excluding hydrogens is 506 g/mol. The first-order valence-electron chi connectivity index (χ1n) is 13.4. The molecule has 1 aromatic rings. The number of aliphatic hydroxyl groups is 1. The molecule has 2 amide bonds. The Morgan fingerprint density at radius 1 is 1.18 bits per heavy atom. The van der Waals surface area contributed by atoms with Gasteiger partial charge in [0.1, 0.15) is 0 Å². The number of anilines is 2. The fourth-order valence-corrected chi connectivity index (χ4v) is 7.42. The number of nitrogens with one attached hydrogen (secondary N) is 1. The average Bonchev–Trinajstić information content (AvgIpc) is 2.87. The van der Waals surface area contributed by atoms with Crippen LogP contribution in [0.4, 0.5) is 11.4 Å². The molecule has 4 N–H and O–H groups in total. The Labute approximate surface area is 225 Å². The number of ketones is 4. The summed E-state index contributed by atoms with van der Waals surface area (Å²) in [7, 11) is 3.58. The molecule has 4 aliphatic rings. The van der Waals surface area contributed by atoms with Crippen molar-refractivity contribution in [3.8, 4) is 5.75 Å². The number of carbonyl (C=O) groups is 6. The van der Waals surface area contributed by atoms with Gasteiger partial charge in [-0.15, -0.1) is 0 Å². The number of fused-ring (bicyclic) bond motifs is 5. The lowest BCUT2D eigenvalue weighted by atomic mass is 9.49. The van der Waals surface area contributed by atoms with Gasteiger partial charge in [-0.25, -0.2) is 0 Å². The summed E-state index contributed by atoms with van der Waals surface area (Å²) in [5.74, 6) is -11.2. The summed E-state index contributed by atoms with van der Waals surface area (Å²) < 4.78 is 5.65. The van der Waals surface area contributed by atoms with Gasteiger partial charge in [-0.1, -0.05) is 26.7 Å². The molecule has 6 unspecified atom stereocenters. The molecular formula is C28H33N3O8. The van der Waals surface area contributed by atoms with Crippen LogP contribution >= 0.6 is 0 Å². The number of ether oxygens (including phenoxy) is 1. The smallest absolute Gasteiger partial charge is 0.262 e. The maximum absolute atomic E-state index is 14.1. The zero-order valence-electron chi connectivity index (χ0n) is 22.4. The van der Waals surface area contributed by atoms with Gasteiger partial charge in [-0.3, -0.25) is 28.8 Å². The average molecular weight is 540 g/mol. The van der Waals surface area contributed by atoms with Crippen molar-refractivity contribution in [2.75, 3.05) is 30.9 Å². The second-order valence-corrected chi connectivity index (χ2v) is 11.3. The van der Waals surface area contributed by atoms with E-state index in [1.807, 2.05) is 13.8 Å². The van der Waals surface area contributed by atoms with Crippen LogP contribution in [0.2, 0.25) is 0 Å². The molecule has 208 valence electrons. The van der Waals surface area contributed by atoms with Crippen LogP contribution in [0.15, 0.2) is 6.07 Å². The third-order valence-corrected chi connectivity index (χ3v) is 9.21. The van der Waals surface area contributed by atoms with E-state index in [1.54, 1.807) is 25.1 Å². The van der Waals surface area contributed by atoms with E-state index in [9.17, 15) is 33.9 Å². The Morgan fingerprint density at radius 3 is 2.44 bits per heavy atom. The topological polar surface area (TPSA) is 173 Å². The molecule has 0 saturated heterocycles. The monoisotopic (exact) mass is 539 g/mol. The number of primary amides is 1. The molecule has 11 nitrogen and oxygen atoms in total. The summed E-state index contributed by atoms with van der Waals surface area (Å²) in [4.78, 5) is 81.4. The van der Waals surface area contributed by atoms with E-state index in [-0.39, 0.29) is 42.6 Å². The zero-order valence-corrected chi connectivity index (χ0v) is 22.4. The van der Waals surface area contributed by atoms with Gasteiger partial charge in [-0.05, 0) is 36.3 Å². The van der Waals surface area contributed by atoms with Crippen LogP contribution in [-0.4, -0.2) is 66.4 Å². The summed E-state index contributed by atoms with van der Waals surface area (Å²) in [5.41, 5.74) is 4.49. The fraction of sp³-hybridized carbons (Fsp3) is 0.571. The fourth-order valence-electron chi connectivity index (χ4n) is 7.42. The lowest BCUT2D eigenvalue weighted by Crippen LogP contribution is -2.71. The third kappa shape index (κ3) is 3.65. The Kier molecular flexibility index (Phi) is 6.40. The zero-order chi connectivity index (χ0) is 28.5. The number of benzene rings is 1. The molecule has 0 aromatic heterocycles. The van der Waals surface area contributed by atoms with Crippen LogP contribution in [-0.2, 0) is 30.4 Å². The van der Waals surface area contributed by atoms with Gasteiger partial charge in [0.15, 0.2) is 47.0 Å². The second kappa shape index (κ2) is 9.25. The molecule has 1 aromatic carbocycles. The molecule has 0 bridgehead atoms. The van der Waals surface area contributed by atoms with Gasteiger partial charge >= 0.3 is 0 Å². The molecule has 3 aliphatic carbocycles. The quantitative estimate of drug-likeness (QED) is 0.455. The van der Waals surface area contributed by atoms with Gasteiger partial charge in [0.25, 0.3) is 5.91 Å². The number of hydrogen-bond donors (Lipinski definition) is 3. The molecule has 0 radical (unpaired) electrons. The Morgan fingerprint density at radius 2 is 1.85 bits per heavy atom. The number of hydrogen-bond acceptors (Lipinski definition) is 9. The molecule has 2 fully saturated rings. The van der Waals surface area contributed by atoms with Crippen LogP contribution in [0.25, 0.3) is 0 Å². The lowest BCUT2D eigenvalue weighted by Gasteiger charge is -2.53. The molecule has 0 spiro atoms. The van der Waals surface area contributed by atoms with Crippen molar-refractivity contribution in [3.63, 3.8) is 0 Å². The van der Waals surface area contributed by atoms with E-state index in [1.165, 1.54) is 0 Å². The minimum absolute atomic E-state index is 0.0732. The number of nitrogens with two attached hydrogens (primary N) is 1. The first kappa shape index (κ1) is 27.0. The number of Topliss-reactive ketones (excluding diaryl/α,β-unsaturated/α-hetero) is 4. The van der Waals surface area contributed by atoms with Crippen LogP contribution in [0, 0.1) is 35.5 Å². The molecule has 1 heterocycles. The Balaban J connectivity index is 1.68. The summed E-state index contributed by atoms with van der Waals surface area (Å²) in [5, 5.41) is 14.6. The van der Waals surface area contributed by atoms with E-state index in [4.69, 9.17) is 10.5 Å². The van der Waals surface area contributed by atoms with Crippen molar-refractivity contribution in [1.29, 1.82) is 0 Å². The summed E-state index contributed by atoms with van der Waals surface area (Å²) >= 11 is 0. The maximum Gasteiger partial charge on any atom is 0.262 e. The number of rotatable bonds is 5. The van der Waals surface area contributed by atoms with E-state index in [0.717, 1.165) is 0 Å². The van der Waals surface area contributed by atoms with Crippen molar-refractivity contribution < 1.29 is 38.6 Å². The van der Waals surface area contributed by atoms with E-state index in [0.29, 0.717) is 29.8 Å². The summed E-state index contributed by atoms with van der Waals surface area (Å²) in [6.07, 6.45) is 1.40. The largest absolute Gasteiger partial charge is 0.481 e. The van der Waals surface area contributed by atoms with Gasteiger partial charge in [0, 0.05) is 31.6 Å². The standard InChI is InChI=1S/C28H33N3O8/c1-5-11(6-2)18-14-8-12-7-13-16(31(3)4)9-15-24(39-10-17(32)30-15)20(13)23(34)19(12)25(35)28(14,38)26(36)21(22(18)33)27(29)37/h9,11-12,14,18-19,21,38H,5-8,10H2,1-4H3,(H2,29,37)(H,30,32). The highest BCUT2D eigenvalue weighted by Crippen LogP contribution is 2.55. The number of amides is 2. The first-order valence-corrected chi connectivity index (χ1v) is 13.4. The second-order valence-electron chi connectivity index (χ2n) is 11.3. The highest BCUT2D eigenvalue weighted by atomic mass is 16.5. The van der Waals surface area contributed by atoms with Crippen molar-refractivity contribution in [2.45, 2.75) is 45.1 Å². The first-order chi connectivity index (χ1) is 18.4. The molecule has 5 rings (SSSR count). The molecule has 2 saturated carbocycles. The SMILES string of the molecule is CCC(CC)C1C(=O)C(C(N)=O)C(=O)C2(O)C(=O)C3C(=O)c4c(c(N(C)C)cc5c4OCC(=O)N5)CC3CC12. The Hall–Kier alpha value is -3.60. The third-order valence-electron chi connectivity index (χ3n) is 9.21. The van der Waals surface area contributed by atoms with Crippen molar-refractivity contribution in [3.05, 3.63) is 17.2 Å².